The molecule has 0 bridgehead atoms. The van der Waals surface area contributed by atoms with Crippen molar-refractivity contribution >= 4 is 46.5 Å². The Kier molecular flexibility index (Phi) is 7.79. The maximum Gasteiger partial charge on any atom is 0.272 e. The molecule has 1 aromatic heterocycles. The molecular weight excluding hydrogens is 382 g/mol. The minimum Gasteiger partial charge on any atom is -0.470 e. The van der Waals surface area contributed by atoms with Crippen LogP contribution in [0.25, 0.3) is 10.9 Å². The molecule has 0 spiro atoms. The Morgan fingerprint density at radius 2 is 2.19 bits per heavy atom. The van der Waals surface area contributed by atoms with E-state index in [4.69, 9.17) is 4.74 Å². The average Bonchev–Trinajstić information content (AvgIpc) is 2.64. The van der Waals surface area contributed by atoms with Crippen LogP contribution in [0.3, 0.4) is 0 Å². The van der Waals surface area contributed by atoms with E-state index in [1.165, 1.54) is 25.1 Å². The number of carbonyl (C=O) groups is 1. The van der Waals surface area contributed by atoms with Crippen LogP contribution in [-0.2, 0) is 9.63 Å². The number of ether oxygens (including phenoxy) is 1. The quantitative estimate of drug-likeness (QED) is 0.294. The van der Waals surface area contributed by atoms with Gasteiger partial charge in [0.25, 0.3) is 5.91 Å². The third kappa shape index (κ3) is 6.32. The SMILES string of the molecule is CCSc1cnc2ccc(OC(SC)C(=O)NC(C)(C)C=NOC)cc2c1. The number of rotatable bonds is 9. The molecule has 0 radical (unpaired) electrons. The number of nitrogens with one attached hydrogen (secondary N) is 1. The van der Waals surface area contributed by atoms with E-state index < -0.39 is 11.0 Å². The van der Waals surface area contributed by atoms with Gasteiger partial charge in [-0.1, -0.05) is 12.1 Å². The highest BCUT2D eigenvalue weighted by Crippen LogP contribution is 2.26. The zero-order valence-corrected chi connectivity index (χ0v) is 17.8. The maximum atomic E-state index is 12.6. The minimum atomic E-state index is -0.682. The van der Waals surface area contributed by atoms with E-state index in [0.29, 0.717) is 5.75 Å². The van der Waals surface area contributed by atoms with Crippen LogP contribution in [0.2, 0.25) is 0 Å². The van der Waals surface area contributed by atoms with Gasteiger partial charge in [0, 0.05) is 16.5 Å². The standard InChI is InChI=1S/C19H25N3O3S2/c1-6-27-15-10-13-9-14(7-8-16(13)20-11-15)25-18(26-5)17(23)22-19(2,3)12-21-24-4/h7-12,18H,6H2,1-5H3,(H,22,23). The number of pyridine rings is 1. The summed E-state index contributed by atoms with van der Waals surface area (Å²) in [5, 5.41) is 7.61. The molecule has 146 valence electrons. The van der Waals surface area contributed by atoms with Crippen molar-refractivity contribution in [3.05, 3.63) is 30.5 Å². The molecule has 0 aliphatic carbocycles. The molecule has 1 heterocycles. The second kappa shape index (κ2) is 9.85. The fourth-order valence-corrected chi connectivity index (χ4v) is 3.49. The van der Waals surface area contributed by atoms with Gasteiger partial charge in [0.2, 0.25) is 5.44 Å². The molecule has 1 atom stereocenters. The third-order valence-electron chi connectivity index (χ3n) is 3.54. The van der Waals surface area contributed by atoms with Crippen LogP contribution in [0.4, 0.5) is 0 Å². The maximum absolute atomic E-state index is 12.6. The fraction of sp³-hybridized carbons (Fsp3) is 0.421. The summed E-state index contributed by atoms with van der Waals surface area (Å²) >= 11 is 3.06. The van der Waals surface area contributed by atoms with Gasteiger partial charge in [0.1, 0.15) is 12.9 Å². The summed E-state index contributed by atoms with van der Waals surface area (Å²) in [6.07, 6.45) is 5.24. The van der Waals surface area contributed by atoms with E-state index in [2.05, 4.69) is 33.3 Å². The number of aromatic nitrogens is 1. The lowest BCUT2D eigenvalue weighted by Gasteiger charge is -2.24. The van der Waals surface area contributed by atoms with E-state index in [9.17, 15) is 4.79 Å². The summed E-state index contributed by atoms with van der Waals surface area (Å²) in [6, 6.07) is 7.73. The fourth-order valence-electron chi connectivity index (χ4n) is 2.33. The van der Waals surface area contributed by atoms with Crippen LogP contribution < -0.4 is 10.1 Å². The molecule has 1 aromatic carbocycles. The van der Waals surface area contributed by atoms with Crippen molar-refractivity contribution in [1.82, 2.24) is 10.3 Å². The van der Waals surface area contributed by atoms with Crippen molar-refractivity contribution in [2.45, 2.75) is 36.6 Å². The number of fused-ring (bicyclic) bond motifs is 1. The van der Waals surface area contributed by atoms with Crippen molar-refractivity contribution in [3.63, 3.8) is 0 Å². The molecule has 8 heteroatoms. The van der Waals surface area contributed by atoms with Gasteiger partial charge in [-0.3, -0.25) is 9.78 Å². The van der Waals surface area contributed by atoms with Crippen LogP contribution in [0.5, 0.6) is 5.75 Å². The highest BCUT2D eigenvalue weighted by atomic mass is 32.2. The van der Waals surface area contributed by atoms with Crippen molar-refractivity contribution in [2.75, 3.05) is 19.1 Å². The van der Waals surface area contributed by atoms with Gasteiger partial charge in [-0.2, -0.15) is 0 Å². The van der Waals surface area contributed by atoms with Crippen LogP contribution in [0.15, 0.2) is 40.5 Å². The number of hydrogen-bond acceptors (Lipinski definition) is 7. The van der Waals surface area contributed by atoms with Gasteiger partial charge < -0.3 is 14.9 Å². The first-order valence-electron chi connectivity index (χ1n) is 8.50. The molecule has 1 amide bonds. The Morgan fingerprint density at radius 3 is 2.85 bits per heavy atom. The summed E-state index contributed by atoms with van der Waals surface area (Å²) in [5.74, 6) is 1.38. The summed E-state index contributed by atoms with van der Waals surface area (Å²) in [6.45, 7) is 5.77. The van der Waals surface area contributed by atoms with Crippen molar-refractivity contribution in [3.8, 4) is 5.75 Å². The predicted octanol–water partition coefficient (Wildman–Crippen LogP) is 3.94. The molecule has 0 saturated carbocycles. The highest BCUT2D eigenvalue weighted by molar-refractivity contribution is 7.99. The van der Waals surface area contributed by atoms with E-state index in [1.54, 1.807) is 11.8 Å². The highest BCUT2D eigenvalue weighted by Gasteiger charge is 2.26. The first kappa shape index (κ1) is 21.4. The molecule has 2 rings (SSSR count). The largest absolute Gasteiger partial charge is 0.470 e. The van der Waals surface area contributed by atoms with E-state index >= 15 is 0 Å². The zero-order chi connectivity index (χ0) is 19.9. The monoisotopic (exact) mass is 407 g/mol. The summed E-state index contributed by atoms with van der Waals surface area (Å²) in [4.78, 5) is 22.8. The molecule has 1 unspecified atom stereocenters. The van der Waals surface area contributed by atoms with E-state index in [-0.39, 0.29) is 5.91 Å². The minimum absolute atomic E-state index is 0.233. The first-order valence-corrected chi connectivity index (χ1v) is 10.8. The molecule has 27 heavy (non-hydrogen) atoms. The van der Waals surface area contributed by atoms with Gasteiger partial charge in [0.05, 0.1) is 17.3 Å². The number of carbonyl (C=O) groups excluding carboxylic acids is 1. The van der Waals surface area contributed by atoms with Crippen LogP contribution in [0, 0.1) is 0 Å². The Balaban J connectivity index is 2.14. The molecule has 6 nitrogen and oxygen atoms in total. The number of nitrogens with zero attached hydrogens (tertiary/aromatic N) is 2. The van der Waals surface area contributed by atoms with E-state index in [0.717, 1.165) is 21.6 Å². The summed E-state index contributed by atoms with van der Waals surface area (Å²) < 4.78 is 5.92. The molecule has 0 saturated heterocycles. The smallest absolute Gasteiger partial charge is 0.272 e. The number of benzene rings is 1. The van der Waals surface area contributed by atoms with E-state index in [1.807, 2.05) is 44.5 Å². The molecule has 0 fully saturated rings. The normalized spacial score (nSPS) is 12.9. The second-order valence-corrected chi connectivity index (χ2v) is 8.51. The van der Waals surface area contributed by atoms with Crippen molar-refractivity contribution in [2.24, 2.45) is 5.16 Å². The Morgan fingerprint density at radius 1 is 1.41 bits per heavy atom. The third-order valence-corrected chi connectivity index (χ3v) is 5.12. The molecular formula is C19H25N3O3S2. The molecule has 1 N–H and O–H groups in total. The number of hydrogen-bond donors (Lipinski definition) is 1. The van der Waals surface area contributed by atoms with Crippen LogP contribution in [0.1, 0.15) is 20.8 Å². The van der Waals surface area contributed by atoms with Crippen molar-refractivity contribution in [1.29, 1.82) is 0 Å². The lowest BCUT2D eigenvalue weighted by molar-refractivity contribution is -0.125. The van der Waals surface area contributed by atoms with Gasteiger partial charge in [-0.15, -0.1) is 23.5 Å². The first-order chi connectivity index (χ1) is 12.9. The van der Waals surface area contributed by atoms with Gasteiger partial charge in [0.15, 0.2) is 0 Å². The second-order valence-electron chi connectivity index (χ2n) is 6.27. The summed E-state index contributed by atoms with van der Waals surface area (Å²) in [5.41, 5.74) is -0.437. The van der Waals surface area contributed by atoms with Gasteiger partial charge >= 0.3 is 0 Å². The topological polar surface area (TPSA) is 72.8 Å². The van der Waals surface area contributed by atoms with Crippen LogP contribution in [-0.4, -0.2) is 47.2 Å². The number of oxime groups is 1. The Bertz CT molecular complexity index is 812. The molecule has 2 aromatic rings. The molecule has 0 aliphatic heterocycles. The van der Waals surface area contributed by atoms with Crippen molar-refractivity contribution < 1.29 is 14.4 Å². The van der Waals surface area contributed by atoms with Gasteiger partial charge in [-0.05, 0) is 50.1 Å². The number of thioether (sulfide) groups is 2. The van der Waals surface area contributed by atoms with Gasteiger partial charge in [-0.25, -0.2) is 0 Å². The summed E-state index contributed by atoms with van der Waals surface area (Å²) in [7, 11) is 1.46. The lowest BCUT2D eigenvalue weighted by atomic mass is 10.1. The van der Waals surface area contributed by atoms with Crippen LogP contribution >= 0.6 is 23.5 Å². The average molecular weight is 408 g/mol. The molecule has 0 aliphatic rings. The zero-order valence-electron chi connectivity index (χ0n) is 16.2. The Labute approximate surface area is 168 Å². The number of amides is 1. The Hall–Kier alpha value is -1.93. The lowest BCUT2D eigenvalue weighted by Crippen LogP contribution is -2.49. The predicted molar refractivity (Wildman–Crippen MR) is 114 cm³/mol.